The van der Waals surface area contributed by atoms with Crippen LogP contribution in [0, 0.1) is 17.1 Å². The predicted octanol–water partition coefficient (Wildman–Crippen LogP) is 2.81. The molecule has 1 aromatic heterocycles. The van der Waals surface area contributed by atoms with Crippen molar-refractivity contribution >= 4 is 43.2 Å². The number of nitriles is 1. The standard InChI is InChI=1S/C7H5Br2FN2S/c8-5-6(10)4(13-7(5)9)1-3(12)2-11/h3H,1,12H2. The van der Waals surface area contributed by atoms with Crippen molar-refractivity contribution in [2.75, 3.05) is 0 Å². The van der Waals surface area contributed by atoms with Crippen molar-refractivity contribution in [1.82, 2.24) is 0 Å². The molecule has 1 aromatic rings. The van der Waals surface area contributed by atoms with E-state index < -0.39 is 6.04 Å². The second kappa shape index (κ2) is 4.51. The van der Waals surface area contributed by atoms with Gasteiger partial charge < -0.3 is 5.73 Å². The van der Waals surface area contributed by atoms with Gasteiger partial charge in [-0.3, -0.25) is 0 Å². The van der Waals surface area contributed by atoms with E-state index in [1.54, 1.807) is 0 Å². The molecule has 1 unspecified atom stereocenters. The number of nitrogens with zero attached hydrogens (tertiary/aromatic N) is 1. The molecular formula is C7H5Br2FN2S. The fraction of sp³-hybridized carbons (Fsp3) is 0.286. The van der Waals surface area contributed by atoms with Crippen LogP contribution < -0.4 is 5.73 Å². The van der Waals surface area contributed by atoms with E-state index in [0.717, 1.165) is 0 Å². The summed E-state index contributed by atoms with van der Waals surface area (Å²) in [4.78, 5) is 0.493. The average molecular weight is 328 g/mol. The molecule has 0 saturated carbocycles. The van der Waals surface area contributed by atoms with Gasteiger partial charge >= 0.3 is 0 Å². The molecule has 0 bridgehead atoms. The van der Waals surface area contributed by atoms with Gasteiger partial charge in [0.2, 0.25) is 0 Å². The first kappa shape index (κ1) is 11.1. The third-order valence-electron chi connectivity index (χ3n) is 1.39. The maximum absolute atomic E-state index is 13.3. The minimum atomic E-state index is -0.646. The van der Waals surface area contributed by atoms with Crippen molar-refractivity contribution in [2.45, 2.75) is 12.5 Å². The highest BCUT2D eigenvalue weighted by molar-refractivity contribution is 9.13. The van der Waals surface area contributed by atoms with E-state index >= 15 is 0 Å². The third kappa shape index (κ3) is 2.50. The molecule has 1 atom stereocenters. The summed E-state index contributed by atoms with van der Waals surface area (Å²) < 4.78 is 14.4. The maximum Gasteiger partial charge on any atom is 0.152 e. The van der Waals surface area contributed by atoms with E-state index in [1.165, 1.54) is 11.3 Å². The van der Waals surface area contributed by atoms with Gasteiger partial charge in [0.15, 0.2) is 5.82 Å². The molecule has 2 nitrogen and oxygen atoms in total. The summed E-state index contributed by atoms with van der Waals surface area (Å²) in [5.74, 6) is -0.331. The van der Waals surface area contributed by atoms with Crippen LogP contribution in [-0.4, -0.2) is 6.04 Å². The van der Waals surface area contributed by atoms with Gasteiger partial charge in [0.1, 0.15) is 0 Å². The Balaban J connectivity index is 2.91. The van der Waals surface area contributed by atoms with Crippen molar-refractivity contribution in [2.24, 2.45) is 5.73 Å². The Kier molecular flexibility index (Phi) is 3.86. The molecule has 0 amide bonds. The van der Waals surface area contributed by atoms with Gasteiger partial charge in [-0.2, -0.15) is 5.26 Å². The molecule has 0 fully saturated rings. The molecule has 6 heteroatoms. The van der Waals surface area contributed by atoms with Gasteiger partial charge in [-0.1, -0.05) is 0 Å². The molecule has 70 valence electrons. The van der Waals surface area contributed by atoms with Crippen LogP contribution in [0.2, 0.25) is 0 Å². The fourth-order valence-electron chi connectivity index (χ4n) is 0.783. The number of hydrogen-bond donors (Lipinski definition) is 1. The first-order valence-electron chi connectivity index (χ1n) is 3.33. The second-order valence-electron chi connectivity index (χ2n) is 2.37. The molecule has 13 heavy (non-hydrogen) atoms. The SMILES string of the molecule is N#CC(N)Cc1sc(Br)c(Br)c1F. The zero-order valence-electron chi connectivity index (χ0n) is 6.35. The van der Waals surface area contributed by atoms with Crippen LogP contribution in [0.3, 0.4) is 0 Å². The average Bonchev–Trinajstić information content (AvgIpc) is 2.34. The Morgan fingerprint density at radius 3 is 2.62 bits per heavy atom. The quantitative estimate of drug-likeness (QED) is 0.908. The normalized spacial score (nSPS) is 12.5. The Hall–Kier alpha value is 0.0400. The molecule has 0 saturated heterocycles. The van der Waals surface area contributed by atoms with E-state index in [4.69, 9.17) is 11.0 Å². The number of hydrogen-bond acceptors (Lipinski definition) is 3. The Bertz CT molecular complexity index is 358. The largest absolute Gasteiger partial charge is 0.316 e. The topological polar surface area (TPSA) is 49.8 Å². The van der Waals surface area contributed by atoms with E-state index in [0.29, 0.717) is 13.1 Å². The molecule has 0 aromatic carbocycles. The summed E-state index contributed by atoms with van der Waals surface area (Å²) in [5.41, 5.74) is 5.38. The van der Waals surface area contributed by atoms with Crippen molar-refractivity contribution in [1.29, 1.82) is 5.26 Å². The number of halogens is 3. The number of rotatable bonds is 2. The lowest BCUT2D eigenvalue weighted by molar-refractivity contribution is 0.606. The van der Waals surface area contributed by atoms with Crippen molar-refractivity contribution < 1.29 is 4.39 Å². The lowest BCUT2D eigenvalue weighted by Crippen LogP contribution is -2.19. The van der Waals surface area contributed by atoms with Crippen molar-refractivity contribution in [3.63, 3.8) is 0 Å². The fourth-order valence-corrected chi connectivity index (χ4v) is 3.01. The van der Waals surface area contributed by atoms with Crippen molar-refractivity contribution in [3.8, 4) is 6.07 Å². The first-order chi connectivity index (χ1) is 6.06. The lowest BCUT2D eigenvalue weighted by atomic mass is 10.2. The minimum absolute atomic E-state index is 0.247. The molecule has 0 aliphatic heterocycles. The van der Waals surface area contributed by atoms with Crippen LogP contribution in [0.1, 0.15) is 4.88 Å². The molecule has 2 N–H and O–H groups in total. The van der Waals surface area contributed by atoms with E-state index in [9.17, 15) is 4.39 Å². The summed E-state index contributed by atoms with van der Waals surface area (Å²) in [6.45, 7) is 0. The molecule has 1 heterocycles. The molecule has 0 radical (unpaired) electrons. The van der Waals surface area contributed by atoms with Crippen LogP contribution in [0.25, 0.3) is 0 Å². The monoisotopic (exact) mass is 326 g/mol. The van der Waals surface area contributed by atoms with E-state index in [2.05, 4.69) is 31.9 Å². The van der Waals surface area contributed by atoms with Crippen LogP contribution in [-0.2, 0) is 6.42 Å². The Labute approximate surface area is 95.8 Å². The molecule has 0 aliphatic rings. The van der Waals surface area contributed by atoms with Crippen LogP contribution in [0.15, 0.2) is 8.26 Å². The van der Waals surface area contributed by atoms with Gasteiger partial charge in [0, 0.05) is 11.3 Å². The summed E-state index contributed by atoms with van der Waals surface area (Å²) in [5, 5.41) is 8.45. The van der Waals surface area contributed by atoms with E-state index in [1.807, 2.05) is 6.07 Å². The Morgan fingerprint density at radius 2 is 2.23 bits per heavy atom. The number of nitrogens with two attached hydrogens (primary N) is 1. The summed E-state index contributed by atoms with van der Waals surface area (Å²) in [6, 6.07) is 1.21. The molecular weight excluding hydrogens is 323 g/mol. The van der Waals surface area contributed by atoms with E-state index in [-0.39, 0.29) is 12.2 Å². The first-order valence-corrected chi connectivity index (χ1v) is 5.74. The Morgan fingerprint density at radius 1 is 1.62 bits per heavy atom. The summed E-state index contributed by atoms with van der Waals surface area (Å²) in [7, 11) is 0. The summed E-state index contributed by atoms with van der Waals surface area (Å²) >= 11 is 7.51. The van der Waals surface area contributed by atoms with Crippen LogP contribution in [0.4, 0.5) is 4.39 Å². The highest BCUT2D eigenvalue weighted by Gasteiger charge is 2.16. The van der Waals surface area contributed by atoms with Crippen molar-refractivity contribution in [3.05, 3.63) is 19.0 Å². The van der Waals surface area contributed by atoms with Gasteiger partial charge in [-0.15, -0.1) is 11.3 Å². The summed E-state index contributed by atoms with van der Waals surface area (Å²) in [6.07, 6.45) is 0.247. The molecule has 0 aliphatic carbocycles. The maximum atomic E-state index is 13.3. The molecule has 1 rings (SSSR count). The highest BCUT2D eigenvalue weighted by Crippen LogP contribution is 2.36. The molecule has 0 spiro atoms. The van der Waals surface area contributed by atoms with Crippen LogP contribution >= 0.6 is 43.2 Å². The van der Waals surface area contributed by atoms with Gasteiger partial charge in [0.25, 0.3) is 0 Å². The number of thiophene rings is 1. The van der Waals surface area contributed by atoms with Gasteiger partial charge in [-0.05, 0) is 31.9 Å². The van der Waals surface area contributed by atoms with Gasteiger partial charge in [-0.25, -0.2) is 4.39 Å². The second-order valence-corrected chi connectivity index (χ2v) is 5.58. The lowest BCUT2D eigenvalue weighted by Gasteiger charge is -1.98. The predicted molar refractivity (Wildman–Crippen MR) is 57.0 cm³/mol. The third-order valence-corrected chi connectivity index (χ3v) is 4.79. The zero-order chi connectivity index (χ0) is 10.0. The van der Waals surface area contributed by atoms with Gasteiger partial charge in [0.05, 0.1) is 20.4 Å². The smallest absolute Gasteiger partial charge is 0.152 e. The zero-order valence-corrected chi connectivity index (χ0v) is 10.3. The van der Waals surface area contributed by atoms with Crippen LogP contribution in [0.5, 0.6) is 0 Å². The minimum Gasteiger partial charge on any atom is -0.316 e. The highest BCUT2D eigenvalue weighted by atomic mass is 79.9.